The van der Waals surface area contributed by atoms with Crippen molar-refractivity contribution in [2.45, 2.75) is 17.9 Å². The SMILES string of the molecule is CC(OC(=O)c1ccccc1SCC(=O)N(C)C)C(=O)Nc1cc(F)ccc1F. The van der Waals surface area contributed by atoms with E-state index in [1.807, 2.05) is 0 Å². The van der Waals surface area contributed by atoms with Gasteiger partial charge >= 0.3 is 5.97 Å². The largest absolute Gasteiger partial charge is 0.449 e. The van der Waals surface area contributed by atoms with Crippen LogP contribution < -0.4 is 5.32 Å². The summed E-state index contributed by atoms with van der Waals surface area (Å²) in [6.45, 7) is 1.32. The summed E-state index contributed by atoms with van der Waals surface area (Å²) in [5.74, 6) is -3.10. The molecule has 0 saturated heterocycles. The Morgan fingerprint density at radius 3 is 2.52 bits per heavy atom. The summed E-state index contributed by atoms with van der Waals surface area (Å²) < 4.78 is 32.0. The molecule has 9 heteroatoms. The zero-order valence-corrected chi connectivity index (χ0v) is 16.9. The minimum atomic E-state index is -1.26. The van der Waals surface area contributed by atoms with E-state index in [9.17, 15) is 23.2 Å². The van der Waals surface area contributed by atoms with Crippen molar-refractivity contribution in [1.82, 2.24) is 4.90 Å². The number of anilines is 1. The highest BCUT2D eigenvalue weighted by atomic mass is 32.2. The van der Waals surface area contributed by atoms with E-state index >= 15 is 0 Å². The fourth-order valence-electron chi connectivity index (χ4n) is 2.13. The van der Waals surface area contributed by atoms with Crippen LogP contribution in [0.25, 0.3) is 0 Å². The first-order valence-corrected chi connectivity index (χ1v) is 9.56. The highest BCUT2D eigenvalue weighted by Crippen LogP contribution is 2.24. The Labute approximate surface area is 171 Å². The quantitative estimate of drug-likeness (QED) is 0.547. The molecule has 6 nitrogen and oxygen atoms in total. The second-order valence-electron chi connectivity index (χ2n) is 6.23. The zero-order valence-electron chi connectivity index (χ0n) is 16.1. The lowest BCUT2D eigenvalue weighted by Crippen LogP contribution is -2.30. The summed E-state index contributed by atoms with van der Waals surface area (Å²) in [5, 5.41) is 2.19. The molecule has 154 valence electrons. The Kier molecular flexibility index (Phi) is 7.72. The highest BCUT2D eigenvalue weighted by molar-refractivity contribution is 8.00. The molecule has 0 aromatic heterocycles. The third-order valence-corrected chi connectivity index (χ3v) is 4.85. The van der Waals surface area contributed by atoms with Gasteiger partial charge in [0.05, 0.1) is 17.0 Å². The molecule has 0 saturated carbocycles. The third kappa shape index (κ3) is 6.28. The van der Waals surface area contributed by atoms with E-state index in [0.717, 1.165) is 18.2 Å². The molecular weight excluding hydrogens is 402 g/mol. The van der Waals surface area contributed by atoms with Gasteiger partial charge in [-0.25, -0.2) is 13.6 Å². The molecule has 0 aliphatic rings. The van der Waals surface area contributed by atoms with Crippen LogP contribution in [0.3, 0.4) is 0 Å². The van der Waals surface area contributed by atoms with Crippen LogP contribution in [-0.2, 0) is 14.3 Å². The molecule has 2 aromatic rings. The van der Waals surface area contributed by atoms with Crippen LogP contribution in [0, 0.1) is 11.6 Å². The Balaban J connectivity index is 2.04. The van der Waals surface area contributed by atoms with Gasteiger partial charge in [0.25, 0.3) is 5.91 Å². The molecule has 0 bridgehead atoms. The van der Waals surface area contributed by atoms with Crippen LogP contribution in [0.1, 0.15) is 17.3 Å². The molecule has 0 aliphatic heterocycles. The number of rotatable bonds is 7. The van der Waals surface area contributed by atoms with Gasteiger partial charge in [0.1, 0.15) is 11.6 Å². The summed E-state index contributed by atoms with van der Waals surface area (Å²) in [5.41, 5.74) is -0.156. The second-order valence-corrected chi connectivity index (χ2v) is 7.25. The number of esters is 1. The average molecular weight is 422 g/mol. The molecule has 1 atom stereocenters. The standard InChI is InChI=1S/C20H20F2N2O4S/c1-12(19(26)23-16-10-13(21)8-9-15(16)22)28-20(27)14-6-4-5-7-17(14)29-11-18(25)24(2)3/h4-10,12H,11H2,1-3H3,(H,23,26). The maximum Gasteiger partial charge on any atom is 0.340 e. The molecule has 0 fully saturated rings. The summed E-state index contributed by atoms with van der Waals surface area (Å²) in [4.78, 5) is 38.4. The first kappa shape index (κ1) is 22.4. The molecule has 2 aromatic carbocycles. The first-order chi connectivity index (χ1) is 13.7. The molecule has 0 aliphatic carbocycles. The number of nitrogens with zero attached hydrogens (tertiary/aromatic N) is 1. The number of benzene rings is 2. The van der Waals surface area contributed by atoms with Crippen molar-refractivity contribution < 1.29 is 27.9 Å². The maximum atomic E-state index is 13.7. The monoisotopic (exact) mass is 422 g/mol. The molecule has 0 heterocycles. The summed E-state index contributed by atoms with van der Waals surface area (Å²) in [6.07, 6.45) is -1.26. The predicted molar refractivity (Wildman–Crippen MR) is 106 cm³/mol. The van der Waals surface area contributed by atoms with E-state index in [2.05, 4.69) is 5.32 Å². The van der Waals surface area contributed by atoms with Crippen LogP contribution in [0.5, 0.6) is 0 Å². The normalized spacial score (nSPS) is 11.5. The number of halogens is 2. The Bertz CT molecular complexity index is 921. The lowest BCUT2D eigenvalue weighted by molar-refractivity contribution is -0.126. The van der Waals surface area contributed by atoms with E-state index in [1.165, 1.54) is 29.7 Å². The van der Waals surface area contributed by atoms with Crippen molar-refractivity contribution in [1.29, 1.82) is 0 Å². The zero-order chi connectivity index (χ0) is 21.6. The molecule has 29 heavy (non-hydrogen) atoms. The number of ether oxygens (including phenoxy) is 1. The maximum absolute atomic E-state index is 13.7. The average Bonchev–Trinajstić information content (AvgIpc) is 2.68. The fourth-order valence-corrected chi connectivity index (χ4v) is 3.15. The van der Waals surface area contributed by atoms with Gasteiger partial charge < -0.3 is 15.0 Å². The molecular formula is C20H20F2N2O4S. The topological polar surface area (TPSA) is 75.7 Å². The van der Waals surface area contributed by atoms with Crippen LogP contribution in [0.4, 0.5) is 14.5 Å². The van der Waals surface area contributed by atoms with E-state index in [1.54, 1.807) is 32.3 Å². The summed E-state index contributed by atoms with van der Waals surface area (Å²) >= 11 is 1.17. The lowest BCUT2D eigenvalue weighted by atomic mass is 10.2. The van der Waals surface area contributed by atoms with E-state index in [-0.39, 0.29) is 22.9 Å². The van der Waals surface area contributed by atoms with Gasteiger partial charge in [-0.3, -0.25) is 9.59 Å². The van der Waals surface area contributed by atoms with Crippen molar-refractivity contribution in [3.8, 4) is 0 Å². The van der Waals surface area contributed by atoms with Gasteiger partial charge in [0, 0.05) is 25.1 Å². The van der Waals surface area contributed by atoms with Gasteiger partial charge in [-0.2, -0.15) is 0 Å². The molecule has 1 unspecified atom stereocenters. The summed E-state index contributed by atoms with van der Waals surface area (Å²) in [6, 6.07) is 9.14. The van der Waals surface area contributed by atoms with Crippen LogP contribution in [0.15, 0.2) is 47.4 Å². The number of hydrogen-bond donors (Lipinski definition) is 1. The minimum Gasteiger partial charge on any atom is -0.449 e. The van der Waals surface area contributed by atoms with E-state index in [4.69, 9.17) is 4.74 Å². The number of nitrogens with one attached hydrogen (secondary N) is 1. The molecule has 0 radical (unpaired) electrons. The van der Waals surface area contributed by atoms with Crippen LogP contribution >= 0.6 is 11.8 Å². The Morgan fingerprint density at radius 2 is 1.83 bits per heavy atom. The van der Waals surface area contributed by atoms with Crippen LogP contribution in [0.2, 0.25) is 0 Å². The Morgan fingerprint density at radius 1 is 1.14 bits per heavy atom. The number of hydrogen-bond acceptors (Lipinski definition) is 5. The second kappa shape index (κ2) is 10.0. The lowest BCUT2D eigenvalue weighted by Gasteiger charge is -2.15. The first-order valence-electron chi connectivity index (χ1n) is 8.58. The van der Waals surface area contributed by atoms with Crippen LogP contribution in [-0.4, -0.2) is 48.6 Å². The van der Waals surface area contributed by atoms with Gasteiger partial charge in [-0.05, 0) is 31.2 Å². The van der Waals surface area contributed by atoms with Gasteiger partial charge in [0.15, 0.2) is 6.10 Å². The number of carbonyl (C=O) groups excluding carboxylic acids is 3. The van der Waals surface area contributed by atoms with E-state index in [0.29, 0.717) is 4.90 Å². The van der Waals surface area contributed by atoms with Crippen molar-refractivity contribution in [3.63, 3.8) is 0 Å². The van der Waals surface area contributed by atoms with Crippen molar-refractivity contribution in [2.75, 3.05) is 25.2 Å². The predicted octanol–water partition coefficient (Wildman–Crippen LogP) is 3.33. The van der Waals surface area contributed by atoms with Gasteiger partial charge in [0.2, 0.25) is 5.91 Å². The Hall–Kier alpha value is -2.94. The van der Waals surface area contributed by atoms with E-state index < -0.39 is 29.6 Å². The minimum absolute atomic E-state index is 0.122. The molecule has 2 amide bonds. The van der Waals surface area contributed by atoms with Crippen molar-refractivity contribution >= 4 is 35.2 Å². The number of carbonyl (C=O) groups is 3. The molecule has 1 N–H and O–H groups in total. The highest BCUT2D eigenvalue weighted by Gasteiger charge is 2.22. The van der Waals surface area contributed by atoms with Gasteiger partial charge in [-0.15, -0.1) is 11.8 Å². The smallest absolute Gasteiger partial charge is 0.340 e. The molecule has 0 spiro atoms. The number of amides is 2. The summed E-state index contributed by atoms with van der Waals surface area (Å²) in [7, 11) is 3.26. The molecule has 2 rings (SSSR count). The van der Waals surface area contributed by atoms with Crippen molar-refractivity contribution in [3.05, 3.63) is 59.7 Å². The third-order valence-electron chi connectivity index (χ3n) is 3.80. The number of thioether (sulfide) groups is 1. The van der Waals surface area contributed by atoms with Crippen molar-refractivity contribution in [2.24, 2.45) is 0 Å². The van der Waals surface area contributed by atoms with Gasteiger partial charge in [-0.1, -0.05) is 12.1 Å². The fraction of sp³-hybridized carbons (Fsp3) is 0.250.